The van der Waals surface area contributed by atoms with Crippen LogP contribution in [-0.2, 0) is 14.8 Å². The maximum Gasteiger partial charge on any atom is 0.304 e. The summed E-state index contributed by atoms with van der Waals surface area (Å²) < 4.78 is 26.0. The summed E-state index contributed by atoms with van der Waals surface area (Å²) in [6, 6.07) is -0.0955. The topological polar surface area (TPSA) is 83.5 Å². The number of nitrogens with one attached hydrogen (secondary N) is 1. The molecule has 0 radical (unpaired) electrons. The van der Waals surface area contributed by atoms with Crippen LogP contribution >= 0.6 is 0 Å². The molecule has 0 aromatic heterocycles. The molecule has 1 rings (SSSR count). The fraction of sp³-hybridized carbons (Fsp3) is 0.917. The Kier molecular flexibility index (Phi) is 6.08. The molecule has 1 atom stereocenters. The quantitative estimate of drug-likeness (QED) is 0.724. The number of hydrogen-bond acceptors (Lipinski definition) is 3. The Labute approximate surface area is 109 Å². The van der Waals surface area contributed by atoms with Crippen molar-refractivity contribution in [1.29, 1.82) is 0 Å². The van der Waals surface area contributed by atoms with Crippen LogP contribution in [0, 0.1) is 5.92 Å². The average Bonchev–Trinajstić information content (AvgIpc) is 2.54. The standard InChI is InChI=1S/C12H23NO4S/c1-10(11-6-4-2-3-5-7-11)13-18(16,17)9-8-12(14)15/h10-11,13H,2-9H2,1H3,(H,14,15)/t10-/m0/s1. The molecule has 2 N–H and O–H groups in total. The van der Waals surface area contributed by atoms with Crippen LogP contribution in [0.5, 0.6) is 0 Å². The largest absolute Gasteiger partial charge is 0.481 e. The summed E-state index contributed by atoms with van der Waals surface area (Å²) in [5.74, 6) is -1.03. The Morgan fingerprint density at radius 3 is 2.33 bits per heavy atom. The van der Waals surface area contributed by atoms with E-state index < -0.39 is 16.0 Å². The lowest BCUT2D eigenvalue weighted by atomic mass is 9.94. The van der Waals surface area contributed by atoms with Gasteiger partial charge in [0, 0.05) is 6.04 Å². The summed E-state index contributed by atoms with van der Waals surface area (Å²) in [7, 11) is -3.47. The van der Waals surface area contributed by atoms with Gasteiger partial charge in [-0.2, -0.15) is 0 Å². The highest BCUT2D eigenvalue weighted by Crippen LogP contribution is 2.25. The number of hydrogen-bond donors (Lipinski definition) is 2. The minimum atomic E-state index is -3.47. The third-order valence-corrected chi connectivity index (χ3v) is 5.03. The zero-order valence-corrected chi connectivity index (χ0v) is 11.7. The van der Waals surface area contributed by atoms with E-state index in [0.717, 1.165) is 25.7 Å². The van der Waals surface area contributed by atoms with E-state index in [0.29, 0.717) is 5.92 Å². The SMILES string of the molecule is C[C@H](NS(=O)(=O)CCC(=O)O)C1CCCCCC1. The average molecular weight is 277 g/mol. The molecule has 0 bridgehead atoms. The first kappa shape index (κ1) is 15.4. The molecule has 1 saturated carbocycles. The molecule has 0 heterocycles. The normalized spacial score (nSPS) is 20.3. The first-order valence-electron chi connectivity index (χ1n) is 6.62. The summed E-state index contributed by atoms with van der Waals surface area (Å²) in [4.78, 5) is 10.4. The minimum absolute atomic E-state index is 0.0955. The number of sulfonamides is 1. The van der Waals surface area contributed by atoms with Gasteiger partial charge in [0.05, 0.1) is 12.2 Å². The maximum absolute atomic E-state index is 11.7. The molecule has 0 aliphatic heterocycles. The summed E-state index contributed by atoms with van der Waals surface area (Å²) >= 11 is 0. The molecule has 0 saturated heterocycles. The first-order chi connectivity index (χ1) is 8.41. The highest BCUT2D eigenvalue weighted by atomic mass is 32.2. The predicted molar refractivity (Wildman–Crippen MR) is 69.8 cm³/mol. The minimum Gasteiger partial charge on any atom is -0.481 e. The first-order valence-corrected chi connectivity index (χ1v) is 8.28. The van der Waals surface area contributed by atoms with E-state index in [9.17, 15) is 13.2 Å². The lowest BCUT2D eigenvalue weighted by Gasteiger charge is -2.23. The van der Waals surface area contributed by atoms with Crippen molar-refractivity contribution in [3.8, 4) is 0 Å². The predicted octanol–water partition coefficient (Wildman–Crippen LogP) is 1.74. The van der Waals surface area contributed by atoms with Crippen molar-refractivity contribution in [2.24, 2.45) is 5.92 Å². The molecule has 18 heavy (non-hydrogen) atoms. The van der Waals surface area contributed by atoms with Gasteiger partial charge in [-0.05, 0) is 25.7 Å². The Morgan fingerprint density at radius 1 is 1.28 bits per heavy atom. The molecule has 0 aromatic carbocycles. The van der Waals surface area contributed by atoms with Crippen LogP contribution in [0.1, 0.15) is 51.9 Å². The smallest absolute Gasteiger partial charge is 0.304 e. The van der Waals surface area contributed by atoms with Crippen molar-refractivity contribution in [3.63, 3.8) is 0 Å². The molecule has 0 aromatic rings. The van der Waals surface area contributed by atoms with Crippen molar-refractivity contribution in [2.45, 2.75) is 57.9 Å². The van der Waals surface area contributed by atoms with Gasteiger partial charge in [0.1, 0.15) is 0 Å². The third kappa shape index (κ3) is 5.82. The van der Waals surface area contributed by atoms with Gasteiger partial charge in [0.25, 0.3) is 0 Å². The summed E-state index contributed by atoms with van der Waals surface area (Å²) in [6.45, 7) is 1.88. The van der Waals surface area contributed by atoms with E-state index in [1.165, 1.54) is 12.8 Å². The summed E-state index contributed by atoms with van der Waals surface area (Å²) in [5, 5.41) is 8.50. The van der Waals surface area contributed by atoms with Gasteiger partial charge in [-0.3, -0.25) is 4.79 Å². The fourth-order valence-electron chi connectivity index (χ4n) is 2.47. The number of carbonyl (C=O) groups is 1. The Balaban J connectivity index is 2.46. The molecule has 6 heteroatoms. The third-order valence-electron chi connectivity index (χ3n) is 3.56. The van der Waals surface area contributed by atoms with Crippen LogP contribution in [0.4, 0.5) is 0 Å². The number of carboxylic acid groups (broad SMARTS) is 1. The fourth-order valence-corrected chi connectivity index (χ4v) is 3.79. The number of rotatable bonds is 6. The monoisotopic (exact) mass is 277 g/mol. The van der Waals surface area contributed by atoms with Crippen LogP contribution in [0.2, 0.25) is 0 Å². The van der Waals surface area contributed by atoms with Crippen molar-refractivity contribution in [2.75, 3.05) is 5.75 Å². The Hall–Kier alpha value is -0.620. The molecular weight excluding hydrogens is 254 g/mol. The second-order valence-electron chi connectivity index (χ2n) is 5.12. The van der Waals surface area contributed by atoms with E-state index in [2.05, 4.69) is 4.72 Å². The molecule has 0 amide bonds. The van der Waals surface area contributed by atoms with E-state index in [-0.39, 0.29) is 18.2 Å². The maximum atomic E-state index is 11.7. The van der Waals surface area contributed by atoms with Crippen LogP contribution in [0.3, 0.4) is 0 Å². The van der Waals surface area contributed by atoms with Gasteiger partial charge in [-0.15, -0.1) is 0 Å². The van der Waals surface area contributed by atoms with E-state index in [1.54, 1.807) is 0 Å². The van der Waals surface area contributed by atoms with Crippen LogP contribution in [-0.4, -0.2) is 31.3 Å². The molecule has 0 unspecified atom stereocenters. The Bertz CT molecular complexity index is 358. The second kappa shape index (κ2) is 7.09. The summed E-state index contributed by atoms with van der Waals surface area (Å²) in [6.07, 6.45) is 6.56. The molecule has 106 valence electrons. The van der Waals surface area contributed by atoms with Crippen LogP contribution in [0.25, 0.3) is 0 Å². The van der Waals surface area contributed by atoms with Gasteiger partial charge < -0.3 is 5.11 Å². The second-order valence-corrected chi connectivity index (χ2v) is 6.99. The number of aliphatic carboxylic acids is 1. The molecular formula is C12H23NO4S. The molecule has 1 aliphatic carbocycles. The molecule has 0 spiro atoms. The lowest BCUT2D eigenvalue weighted by Crippen LogP contribution is -2.39. The van der Waals surface area contributed by atoms with Gasteiger partial charge in [-0.1, -0.05) is 25.7 Å². The number of carboxylic acids is 1. The van der Waals surface area contributed by atoms with E-state index in [1.807, 2.05) is 6.92 Å². The van der Waals surface area contributed by atoms with Gasteiger partial charge in [-0.25, -0.2) is 13.1 Å². The van der Waals surface area contributed by atoms with Crippen molar-refractivity contribution < 1.29 is 18.3 Å². The lowest BCUT2D eigenvalue weighted by molar-refractivity contribution is -0.136. The molecule has 5 nitrogen and oxygen atoms in total. The van der Waals surface area contributed by atoms with E-state index >= 15 is 0 Å². The van der Waals surface area contributed by atoms with Gasteiger partial charge in [0.15, 0.2) is 0 Å². The molecule has 1 fully saturated rings. The van der Waals surface area contributed by atoms with Gasteiger partial charge in [0.2, 0.25) is 10.0 Å². The van der Waals surface area contributed by atoms with Crippen LogP contribution < -0.4 is 4.72 Å². The van der Waals surface area contributed by atoms with Crippen molar-refractivity contribution >= 4 is 16.0 Å². The van der Waals surface area contributed by atoms with Gasteiger partial charge >= 0.3 is 5.97 Å². The molecule has 1 aliphatic rings. The highest BCUT2D eigenvalue weighted by molar-refractivity contribution is 7.89. The zero-order chi connectivity index (χ0) is 13.6. The van der Waals surface area contributed by atoms with E-state index in [4.69, 9.17) is 5.11 Å². The van der Waals surface area contributed by atoms with Crippen molar-refractivity contribution in [3.05, 3.63) is 0 Å². The summed E-state index contributed by atoms with van der Waals surface area (Å²) in [5.41, 5.74) is 0. The van der Waals surface area contributed by atoms with Crippen LogP contribution in [0.15, 0.2) is 0 Å². The zero-order valence-electron chi connectivity index (χ0n) is 10.9. The van der Waals surface area contributed by atoms with Crippen molar-refractivity contribution in [1.82, 2.24) is 4.72 Å². The highest BCUT2D eigenvalue weighted by Gasteiger charge is 2.23. The Morgan fingerprint density at radius 2 is 1.83 bits per heavy atom.